The number of anilines is 1. The van der Waals surface area contributed by atoms with Gasteiger partial charge in [0, 0.05) is 49.9 Å². The maximum absolute atomic E-state index is 13.6. The maximum Gasteiger partial charge on any atom is 0.291 e. The summed E-state index contributed by atoms with van der Waals surface area (Å²) < 4.78 is 8.06. The first-order valence-electron chi connectivity index (χ1n) is 17.3. The summed E-state index contributed by atoms with van der Waals surface area (Å²) >= 11 is 14.0. The van der Waals surface area contributed by atoms with E-state index in [9.17, 15) is 9.59 Å². The van der Waals surface area contributed by atoms with E-state index >= 15 is 0 Å². The first-order chi connectivity index (χ1) is 23.7. The first-order valence-corrected chi connectivity index (χ1v) is 18.1. The monoisotopic (exact) mass is 703 g/mol. The van der Waals surface area contributed by atoms with Crippen LogP contribution in [-0.2, 0) is 37.9 Å². The molecule has 2 aromatic heterocycles. The Hall–Kier alpha value is -3.70. The van der Waals surface area contributed by atoms with Crippen LogP contribution in [0.3, 0.4) is 0 Å². The zero-order valence-corrected chi connectivity index (χ0v) is 29.9. The van der Waals surface area contributed by atoms with Crippen molar-refractivity contribution in [3.8, 4) is 22.6 Å². The number of aromatic nitrogens is 3. The fraction of sp³-hybridized carbons (Fsp3) is 0.459. The summed E-state index contributed by atoms with van der Waals surface area (Å²) in [5, 5.41) is 3.81. The molecule has 0 unspecified atom stereocenters. The number of fused-ring (bicyclic) bond motifs is 2. The minimum atomic E-state index is -0.308. The number of nitrogens with zero attached hydrogens (tertiary/aromatic N) is 6. The van der Waals surface area contributed by atoms with Crippen LogP contribution in [0.5, 0.6) is 0 Å². The molecule has 0 spiro atoms. The Morgan fingerprint density at radius 2 is 1.69 bits per heavy atom. The number of oxazole rings is 1. The number of imidazole rings is 1. The second-order valence-corrected chi connectivity index (χ2v) is 14.4. The maximum atomic E-state index is 13.6. The molecule has 10 nitrogen and oxygen atoms in total. The molecular weight excluding hydrogens is 661 g/mol. The molecule has 1 aliphatic carbocycles. The third-order valence-electron chi connectivity index (χ3n) is 10.3. The fourth-order valence-electron chi connectivity index (χ4n) is 7.37. The van der Waals surface area contributed by atoms with Crippen LogP contribution in [0.4, 0.5) is 5.69 Å². The third-order valence-corrected chi connectivity index (χ3v) is 11.1. The van der Waals surface area contributed by atoms with E-state index in [2.05, 4.69) is 10.2 Å². The van der Waals surface area contributed by atoms with Gasteiger partial charge in [0.05, 0.1) is 46.6 Å². The topological polar surface area (TPSA) is 99.7 Å². The van der Waals surface area contributed by atoms with Gasteiger partial charge in [0.1, 0.15) is 11.5 Å². The van der Waals surface area contributed by atoms with E-state index in [0.29, 0.717) is 69.5 Å². The highest BCUT2D eigenvalue weighted by atomic mass is 35.5. The number of halogens is 2. The molecule has 4 aromatic rings. The minimum Gasteiger partial charge on any atom is -0.439 e. The van der Waals surface area contributed by atoms with E-state index in [-0.39, 0.29) is 11.8 Å². The van der Waals surface area contributed by atoms with Gasteiger partial charge in [-0.05, 0) is 44.5 Å². The van der Waals surface area contributed by atoms with E-state index in [1.54, 1.807) is 11.0 Å². The van der Waals surface area contributed by atoms with Crippen LogP contribution in [0.25, 0.3) is 22.6 Å². The van der Waals surface area contributed by atoms with Crippen molar-refractivity contribution in [3.05, 3.63) is 75.1 Å². The standard InChI is InChI=1S/C37H43Cl2N7O3/c1-4-43(2)22-32(47)46-20-29-31(21-46)49-37(42-29)26-14-8-12-24(33(26)38)25-13-9-15-27(34(25)39)41-36(48)35-40-28-19-45(17-16-30(28)44(35)3)18-23-10-6-5-7-11-23/h8-9,12-15,23H,4-7,10-11,16-22H2,1-3H3,(H,41,48). The first kappa shape index (κ1) is 33.8. The summed E-state index contributed by atoms with van der Waals surface area (Å²) in [5.74, 6) is 1.94. The number of amides is 2. The second-order valence-electron chi connectivity index (χ2n) is 13.6. The number of carbonyl (C=O) groups excluding carboxylic acids is 2. The lowest BCUT2D eigenvalue weighted by atomic mass is 9.88. The highest BCUT2D eigenvalue weighted by Crippen LogP contribution is 2.42. The molecule has 2 aliphatic heterocycles. The van der Waals surface area contributed by atoms with Crippen molar-refractivity contribution >= 4 is 40.7 Å². The zero-order chi connectivity index (χ0) is 34.2. The van der Waals surface area contributed by atoms with Crippen molar-refractivity contribution in [2.45, 2.75) is 65.1 Å². The van der Waals surface area contributed by atoms with E-state index in [1.807, 2.05) is 60.8 Å². The van der Waals surface area contributed by atoms with Gasteiger partial charge in [-0.1, -0.05) is 73.7 Å². The second kappa shape index (κ2) is 14.3. The third kappa shape index (κ3) is 6.88. The van der Waals surface area contributed by atoms with Crippen LogP contribution >= 0.6 is 23.2 Å². The van der Waals surface area contributed by atoms with Crippen LogP contribution in [-0.4, -0.2) is 74.3 Å². The summed E-state index contributed by atoms with van der Waals surface area (Å²) in [7, 11) is 3.84. The molecule has 0 bridgehead atoms. The van der Waals surface area contributed by atoms with Gasteiger partial charge in [-0.3, -0.25) is 19.4 Å². The Morgan fingerprint density at radius 1 is 0.959 bits per heavy atom. The molecule has 258 valence electrons. The average molecular weight is 705 g/mol. The molecule has 49 heavy (non-hydrogen) atoms. The number of carbonyl (C=O) groups is 2. The smallest absolute Gasteiger partial charge is 0.291 e. The number of likely N-dealkylation sites (N-methyl/N-ethyl adjacent to an activating group) is 1. The Labute approximate surface area is 297 Å². The van der Waals surface area contributed by atoms with Gasteiger partial charge in [0.15, 0.2) is 5.82 Å². The van der Waals surface area contributed by atoms with Gasteiger partial charge in [0.2, 0.25) is 11.8 Å². The quantitative estimate of drug-likeness (QED) is 0.200. The van der Waals surface area contributed by atoms with Crippen molar-refractivity contribution in [1.29, 1.82) is 0 Å². The lowest BCUT2D eigenvalue weighted by Crippen LogP contribution is -2.35. The van der Waals surface area contributed by atoms with E-state index in [1.165, 1.54) is 32.1 Å². The molecule has 0 saturated heterocycles. The Kier molecular flexibility index (Phi) is 9.84. The lowest BCUT2D eigenvalue weighted by molar-refractivity contribution is -0.132. The molecule has 12 heteroatoms. The molecular formula is C37H43Cl2N7O3. The molecule has 1 fully saturated rings. The van der Waals surface area contributed by atoms with E-state index < -0.39 is 0 Å². The predicted octanol–water partition coefficient (Wildman–Crippen LogP) is 7.03. The molecule has 1 saturated carbocycles. The summed E-state index contributed by atoms with van der Waals surface area (Å²) in [6.45, 7) is 6.82. The Balaban J connectivity index is 1.06. The van der Waals surface area contributed by atoms with Crippen molar-refractivity contribution < 1.29 is 14.0 Å². The van der Waals surface area contributed by atoms with Gasteiger partial charge in [-0.25, -0.2) is 9.97 Å². The zero-order valence-electron chi connectivity index (χ0n) is 28.4. The van der Waals surface area contributed by atoms with Crippen molar-refractivity contribution in [1.82, 2.24) is 29.2 Å². The largest absolute Gasteiger partial charge is 0.439 e. The predicted molar refractivity (Wildman–Crippen MR) is 192 cm³/mol. The van der Waals surface area contributed by atoms with Crippen LogP contribution in [0, 0.1) is 5.92 Å². The summed E-state index contributed by atoms with van der Waals surface area (Å²) in [5.41, 5.74) is 5.29. The fourth-order valence-corrected chi connectivity index (χ4v) is 7.95. The van der Waals surface area contributed by atoms with Crippen molar-refractivity contribution in [2.24, 2.45) is 13.0 Å². The summed E-state index contributed by atoms with van der Waals surface area (Å²) in [6.07, 6.45) is 7.54. The number of rotatable bonds is 9. The van der Waals surface area contributed by atoms with Gasteiger partial charge >= 0.3 is 0 Å². The highest BCUT2D eigenvalue weighted by molar-refractivity contribution is 6.39. The molecule has 4 heterocycles. The number of hydrogen-bond acceptors (Lipinski definition) is 7. The Morgan fingerprint density at radius 3 is 2.45 bits per heavy atom. The number of nitrogens with one attached hydrogen (secondary N) is 1. The van der Waals surface area contributed by atoms with Crippen LogP contribution in [0.2, 0.25) is 10.0 Å². The van der Waals surface area contributed by atoms with Crippen molar-refractivity contribution in [2.75, 3.05) is 38.5 Å². The van der Waals surface area contributed by atoms with Crippen LogP contribution < -0.4 is 5.32 Å². The molecule has 0 atom stereocenters. The Bertz CT molecular complexity index is 1860. The van der Waals surface area contributed by atoms with Gasteiger partial charge in [0.25, 0.3) is 5.91 Å². The molecule has 2 aromatic carbocycles. The van der Waals surface area contributed by atoms with Crippen LogP contribution in [0.15, 0.2) is 40.8 Å². The number of benzene rings is 2. The SMILES string of the molecule is CCN(C)CC(=O)N1Cc2nc(-c3cccc(-c4cccc(NC(=O)c5nc6c(n5C)CCN(CC5CCCCC5)C6)c4Cl)c3Cl)oc2C1. The molecule has 0 radical (unpaired) electrons. The van der Waals surface area contributed by atoms with Gasteiger partial charge < -0.3 is 19.2 Å². The highest BCUT2D eigenvalue weighted by Gasteiger charge is 2.31. The average Bonchev–Trinajstić information content (AvgIpc) is 3.78. The van der Waals surface area contributed by atoms with E-state index in [4.69, 9.17) is 37.6 Å². The molecule has 2 amide bonds. The molecule has 1 N–H and O–H groups in total. The van der Waals surface area contributed by atoms with Crippen LogP contribution in [0.1, 0.15) is 72.5 Å². The lowest BCUT2D eigenvalue weighted by Gasteiger charge is -2.32. The summed E-state index contributed by atoms with van der Waals surface area (Å²) in [6, 6.07) is 11.1. The summed E-state index contributed by atoms with van der Waals surface area (Å²) in [4.78, 5) is 42.0. The van der Waals surface area contributed by atoms with Gasteiger partial charge in [-0.15, -0.1) is 0 Å². The number of hydrogen-bond donors (Lipinski definition) is 1. The minimum absolute atomic E-state index is 0.0414. The normalized spacial score (nSPS) is 16.7. The van der Waals surface area contributed by atoms with Gasteiger partial charge in [-0.2, -0.15) is 0 Å². The van der Waals surface area contributed by atoms with Crippen molar-refractivity contribution in [3.63, 3.8) is 0 Å². The molecule has 3 aliphatic rings. The van der Waals surface area contributed by atoms with E-state index in [0.717, 1.165) is 55.6 Å². The molecule has 7 rings (SSSR count).